The first-order chi connectivity index (χ1) is 15.5. The Kier molecular flexibility index (Phi) is 6.02. The van der Waals surface area contributed by atoms with Crippen molar-refractivity contribution in [1.29, 1.82) is 0 Å². The molecule has 162 valence electrons. The first-order valence-electron chi connectivity index (χ1n) is 9.86. The highest BCUT2D eigenvalue weighted by Gasteiger charge is 2.14. The number of rotatable bonds is 7. The minimum absolute atomic E-state index is 0.169. The third-order valence-electron chi connectivity index (χ3n) is 4.44. The fraction of sp³-hybridized carbons (Fsp3) is 0.182. The highest BCUT2D eigenvalue weighted by molar-refractivity contribution is 6.02. The number of amides is 1. The number of anilines is 1. The van der Waals surface area contributed by atoms with Crippen molar-refractivity contribution < 1.29 is 14.3 Å². The Balaban J connectivity index is 1.51. The number of pyridine rings is 3. The number of carbonyl (C=O) groups is 1. The number of nitrogens with zero attached hydrogens (tertiary/aromatic N) is 6. The van der Waals surface area contributed by atoms with Crippen molar-refractivity contribution in [1.82, 2.24) is 29.7 Å². The van der Waals surface area contributed by atoms with Crippen LogP contribution < -0.4 is 14.8 Å². The fourth-order valence-corrected chi connectivity index (χ4v) is 2.90. The summed E-state index contributed by atoms with van der Waals surface area (Å²) in [4.78, 5) is 25.6. The second kappa shape index (κ2) is 9.21. The summed E-state index contributed by atoms with van der Waals surface area (Å²) in [6.07, 6.45) is 3.14. The van der Waals surface area contributed by atoms with Crippen molar-refractivity contribution in [3.63, 3.8) is 0 Å². The van der Waals surface area contributed by atoms with Crippen LogP contribution in [0.2, 0.25) is 0 Å². The summed E-state index contributed by atoms with van der Waals surface area (Å²) in [6, 6.07) is 13.8. The molecule has 0 unspecified atom stereocenters. The molecule has 0 atom stereocenters. The van der Waals surface area contributed by atoms with Crippen LogP contribution >= 0.6 is 0 Å². The normalized spacial score (nSPS) is 10.8. The van der Waals surface area contributed by atoms with E-state index in [2.05, 4.69) is 30.5 Å². The van der Waals surface area contributed by atoms with Crippen LogP contribution in [0.3, 0.4) is 0 Å². The topological polar surface area (TPSA) is 117 Å². The number of ether oxygens (including phenoxy) is 2. The van der Waals surface area contributed by atoms with Gasteiger partial charge in [-0.25, -0.2) is 4.98 Å². The van der Waals surface area contributed by atoms with Gasteiger partial charge in [0.25, 0.3) is 5.91 Å². The van der Waals surface area contributed by atoms with Crippen molar-refractivity contribution in [2.24, 2.45) is 0 Å². The SMILES string of the molecule is COc1cccc(Oc2ccnc(C(=O)Nc3cccc(-c4nncn4C(C)C)n3)c2)n1. The van der Waals surface area contributed by atoms with E-state index in [9.17, 15) is 4.79 Å². The number of hydrogen-bond acceptors (Lipinski definition) is 8. The average Bonchev–Trinajstić information content (AvgIpc) is 3.30. The smallest absolute Gasteiger partial charge is 0.275 e. The summed E-state index contributed by atoms with van der Waals surface area (Å²) in [5.74, 6) is 1.74. The van der Waals surface area contributed by atoms with Crippen LogP contribution in [-0.2, 0) is 0 Å². The summed E-state index contributed by atoms with van der Waals surface area (Å²) >= 11 is 0. The minimum atomic E-state index is -0.427. The Hall–Kier alpha value is -4.34. The van der Waals surface area contributed by atoms with Crippen molar-refractivity contribution in [3.8, 4) is 29.0 Å². The largest absolute Gasteiger partial charge is 0.481 e. The lowest BCUT2D eigenvalue weighted by Gasteiger charge is -2.11. The van der Waals surface area contributed by atoms with E-state index in [0.29, 0.717) is 34.8 Å². The van der Waals surface area contributed by atoms with E-state index in [1.165, 1.54) is 19.4 Å². The van der Waals surface area contributed by atoms with Crippen LogP contribution in [0.15, 0.2) is 61.1 Å². The van der Waals surface area contributed by atoms with Gasteiger partial charge in [0.05, 0.1) is 7.11 Å². The quantitative estimate of drug-likeness (QED) is 0.470. The van der Waals surface area contributed by atoms with Crippen LogP contribution in [-0.4, -0.2) is 42.7 Å². The molecule has 4 aromatic heterocycles. The molecule has 0 aliphatic rings. The lowest BCUT2D eigenvalue weighted by molar-refractivity contribution is 0.102. The van der Waals surface area contributed by atoms with E-state index in [1.807, 2.05) is 24.5 Å². The molecule has 0 aromatic carbocycles. The number of hydrogen-bond donors (Lipinski definition) is 1. The summed E-state index contributed by atoms with van der Waals surface area (Å²) in [5, 5.41) is 10.9. The van der Waals surface area contributed by atoms with Gasteiger partial charge in [-0.15, -0.1) is 10.2 Å². The second-order valence-electron chi connectivity index (χ2n) is 7.01. The molecule has 1 amide bonds. The molecule has 0 spiro atoms. The molecule has 4 rings (SSSR count). The van der Waals surface area contributed by atoms with Crippen LogP contribution in [0.25, 0.3) is 11.5 Å². The van der Waals surface area contributed by atoms with Gasteiger partial charge in [0.1, 0.15) is 29.3 Å². The zero-order valence-electron chi connectivity index (χ0n) is 17.8. The maximum absolute atomic E-state index is 12.8. The molecule has 10 nitrogen and oxygen atoms in total. The highest BCUT2D eigenvalue weighted by Crippen LogP contribution is 2.23. The molecular weight excluding hydrogens is 410 g/mol. The van der Waals surface area contributed by atoms with Gasteiger partial charge in [0.2, 0.25) is 11.8 Å². The van der Waals surface area contributed by atoms with Gasteiger partial charge >= 0.3 is 0 Å². The first kappa shape index (κ1) is 20.9. The molecule has 0 radical (unpaired) electrons. The lowest BCUT2D eigenvalue weighted by Crippen LogP contribution is -2.15. The van der Waals surface area contributed by atoms with Gasteiger partial charge < -0.3 is 19.4 Å². The van der Waals surface area contributed by atoms with Crippen molar-refractivity contribution in [2.75, 3.05) is 12.4 Å². The molecule has 4 aromatic rings. The maximum atomic E-state index is 12.8. The van der Waals surface area contributed by atoms with Crippen molar-refractivity contribution >= 4 is 11.7 Å². The molecule has 0 saturated heterocycles. The summed E-state index contributed by atoms with van der Waals surface area (Å²) in [6.45, 7) is 4.06. The summed E-state index contributed by atoms with van der Waals surface area (Å²) in [5.41, 5.74) is 0.770. The van der Waals surface area contributed by atoms with Crippen LogP contribution in [0.1, 0.15) is 30.4 Å². The Morgan fingerprint density at radius 1 is 1.06 bits per heavy atom. The van der Waals surface area contributed by atoms with Gasteiger partial charge in [-0.1, -0.05) is 12.1 Å². The van der Waals surface area contributed by atoms with E-state index in [0.717, 1.165) is 0 Å². The zero-order valence-corrected chi connectivity index (χ0v) is 17.8. The lowest BCUT2D eigenvalue weighted by atomic mass is 10.3. The monoisotopic (exact) mass is 431 g/mol. The van der Waals surface area contributed by atoms with Gasteiger partial charge in [-0.2, -0.15) is 4.98 Å². The maximum Gasteiger partial charge on any atom is 0.275 e. The number of nitrogens with one attached hydrogen (secondary N) is 1. The number of methoxy groups -OCH3 is 1. The van der Waals surface area contributed by atoms with Crippen LogP contribution in [0.5, 0.6) is 17.5 Å². The fourth-order valence-electron chi connectivity index (χ4n) is 2.90. The number of carbonyl (C=O) groups excluding carboxylic acids is 1. The van der Waals surface area contributed by atoms with Gasteiger partial charge in [0, 0.05) is 30.4 Å². The molecule has 1 N–H and O–H groups in total. The zero-order chi connectivity index (χ0) is 22.5. The minimum Gasteiger partial charge on any atom is -0.481 e. The van der Waals surface area contributed by atoms with Gasteiger partial charge in [-0.05, 0) is 32.0 Å². The van der Waals surface area contributed by atoms with E-state index in [1.54, 1.807) is 42.7 Å². The molecule has 4 heterocycles. The van der Waals surface area contributed by atoms with Crippen molar-refractivity contribution in [3.05, 3.63) is 66.7 Å². The third-order valence-corrected chi connectivity index (χ3v) is 4.44. The van der Waals surface area contributed by atoms with Gasteiger partial charge in [-0.3, -0.25) is 9.78 Å². The molecular formula is C22H21N7O3. The summed E-state index contributed by atoms with van der Waals surface area (Å²) in [7, 11) is 1.52. The molecule has 0 fully saturated rings. The van der Waals surface area contributed by atoms with E-state index < -0.39 is 5.91 Å². The molecule has 32 heavy (non-hydrogen) atoms. The van der Waals surface area contributed by atoms with Crippen molar-refractivity contribution in [2.45, 2.75) is 19.9 Å². The summed E-state index contributed by atoms with van der Waals surface area (Å²) < 4.78 is 12.7. The Bertz CT molecular complexity index is 1240. The van der Waals surface area contributed by atoms with E-state index >= 15 is 0 Å². The Morgan fingerprint density at radius 3 is 2.69 bits per heavy atom. The first-order valence-corrected chi connectivity index (χ1v) is 9.86. The average molecular weight is 431 g/mol. The second-order valence-corrected chi connectivity index (χ2v) is 7.01. The Morgan fingerprint density at radius 2 is 1.88 bits per heavy atom. The predicted octanol–water partition coefficient (Wildman–Crippen LogP) is 3.76. The molecule has 0 saturated carbocycles. The highest BCUT2D eigenvalue weighted by atomic mass is 16.5. The van der Waals surface area contributed by atoms with E-state index in [-0.39, 0.29) is 11.7 Å². The van der Waals surface area contributed by atoms with E-state index in [4.69, 9.17) is 9.47 Å². The van der Waals surface area contributed by atoms with Crippen LogP contribution in [0.4, 0.5) is 5.82 Å². The molecule has 0 bridgehead atoms. The molecule has 0 aliphatic carbocycles. The molecule has 10 heteroatoms. The standard InChI is InChI=1S/C22H21N7O3/c1-14(2)29-13-24-28-21(29)16-6-4-7-18(25-16)26-22(30)17-12-15(10-11-23-17)32-20-9-5-8-19(27-20)31-3/h4-14H,1-3H3,(H,25,26,30). The third kappa shape index (κ3) is 4.69. The van der Waals surface area contributed by atoms with Gasteiger partial charge in [0.15, 0.2) is 5.82 Å². The predicted molar refractivity (Wildman–Crippen MR) is 117 cm³/mol. The number of aromatic nitrogens is 6. The Labute approximate surface area is 184 Å². The molecule has 0 aliphatic heterocycles. The van der Waals surface area contributed by atoms with Crippen LogP contribution in [0, 0.1) is 0 Å².